The van der Waals surface area contributed by atoms with E-state index in [0.717, 1.165) is 11.1 Å². The van der Waals surface area contributed by atoms with Crippen LogP contribution < -0.4 is 5.32 Å². The van der Waals surface area contributed by atoms with Crippen molar-refractivity contribution in [3.8, 4) is 0 Å². The van der Waals surface area contributed by atoms with Crippen LogP contribution in [0.4, 0.5) is 6.01 Å². The summed E-state index contributed by atoms with van der Waals surface area (Å²) in [4.78, 5) is 4.14. The Kier molecular flexibility index (Phi) is 2.20. The van der Waals surface area contributed by atoms with Crippen LogP contribution in [-0.4, -0.2) is 9.30 Å². The molecule has 5 heteroatoms. The molecule has 0 radical (unpaired) electrons. The van der Waals surface area contributed by atoms with Crippen molar-refractivity contribution in [2.24, 2.45) is 0 Å². The molecule has 0 fully saturated rings. The summed E-state index contributed by atoms with van der Waals surface area (Å²) >= 11 is 8.65. The maximum atomic E-state index is 5.32. The van der Waals surface area contributed by atoms with E-state index >= 15 is 0 Å². The van der Waals surface area contributed by atoms with Crippen LogP contribution in [0.15, 0.2) is 28.7 Å². The summed E-state index contributed by atoms with van der Waals surface area (Å²) in [5.74, 6) is 0. The van der Waals surface area contributed by atoms with Crippen LogP contribution in [0.3, 0.4) is 0 Å². The summed E-state index contributed by atoms with van der Waals surface area (Å²) in [5, 5.41) is 2.71. The number of nitrogens with one attached hydrogen (secondary N) is 1. The summed E-state index contributed by atoms with van der Waals surface area (Å²) in [6.45, 7) is 0. The molecule has 0 spiro atoms. The van der Waals surface area contributed by atoms with Gasteiger partial charge in [0.15, 0.2) is 5.58 Å². The number of rotatable bonds is 1. The van der Waals surface area contributed by atoms with Gasteiger partial charge in [-0.15, -0.1) is 12.6 Å². The quantitative estimate of drug-likeness (QED) is 0.560. The lowest BCUT2D eigenvalue weighted by Gasteiger charge is -1.92. The van der Waals surface area contributed by atoms with Crippen LogP contribution in [0.5, 0.6) is 0 Å². The lowest BCUT2D eigenvalue weighted by Crippen LogP contribution is -2.00. The molecule has 0 unspecified atom stereocenters. The van der Waals surface area contributed by atoms with Crippen molar-refractivity contribution in [2.75, 3.05) is 5.32 Å². The Morgan fingerprint density at radius 3 is 2.92 bits per heavy atom. The number of thiol groups is 1. The smallest absolute Gasteiger partial charge is 0.301 e. The van der Waals surface area contributed by atoms with Gasteiger partial charge >= 0.3 is 6.01 Å². The molecule has 1 aromatic carbocycles. The Hall–Kier alpha value is -1.07. The minimum absolute atomic E-state index is 0.339. The second-order valence-electron chi connectivity index (χ2n) is 2.42. The summed E-state index contributed by atoms with van der Waals surface area (Å²) < 4.78 is 5.66. The van der Waals surface area contributed by atoms with E-state index in [2.05, 4.69) is 22.9 Å². The first-order chi connectivity index (χ1) is 6.25. The normalized spacial score (nSPS) is 10.2. The van der Waals surface area contributed by atoms with E-state index < -0.39 is 0 Å². The highest BCUT2D eigenvalue weighted by Gasteiger charge is 2.03. The highest BCUT2D eigenvalue weighted by molar-refractivity contribution is 8.11. The monoisotopic (exact) mass is 210 g/mol. The number of para-hydroxylation sites is 2. The van der Waals surface area contributed by atoms with Crippen LogP contribution in [0.1, 0.15) is 0 Å². The Balaban J connectivity index is 2.44. The molecule has 3 nitrogen and oxygen atoms in total. The summed E-state index contributed by atoms with van der Waals surface area (Å²) in [7, 11) is 0. The second-order valence-corrected chi connectivity index (χ2v) is 3.57. The zero-order chi connectivity index (χ0) is 9.26. The fourth-order valence-corrected chi connectivity index (χ4v) is 1.20. The van der Waals surface area contributed by atoms with E-state index in [4.69, 9.17) is 16.6 Å². The van der Waals surface area contributed by atoms with E-state index in [-0.39, 0.29) is 0 Å². The zero-order valence-corrected chi connectivity index (χ0v) is 8.23. The first kappa shape index (κ1) is 8.52. The number of hydrogen-bond acceptors (Lipinski definition) is 3. The molecule has 1 heterocycles. The van der Waals surface area contributed by atoms with Crippen molar-refractivity contribution in [2.45, 2.75) is 0 Å². The van der Waals surface area contributed by atoms with Crippen LogP contribution in [0.2, 0.25) is 0 Å². The number of thiocarbonyl (C=S) groups is 1. The van der Waals surface area contributed by atoms with Gasteiger partial charge in [0.1, 0.15) is 9.84 Å². The van der Waals surface area contributed by atoms with E-state index in [1.807, 2.05) is 24.3 Å². The van der Waals surface area contributed by atoms with Crippen LogP contribution in [-0.2, 0) is 0 Å². The third-order valence-corrected chi connectivity index (χ3v) is 1.72. The van der Waals surface area contributed by atoms with Gasteiger partial charge in [-0.2, -0.15) is 4.98 Å². The molecule has 0 atom stereocenters. The predicted molar refractivity (Wildman–Crippen MR) is 59.2 cm³/mol. The summed E-state index contributed by atoms with van der Waals surface area (Å²) in [6.07, 6.45) is 0. The largest absolute Gasteiger partial charge is 0.423 e. The minimum Gasteiger partial charge on any atom is -0.423 e. The van der Waals surface area contributed by atoms with Crippen LogP contribution >= 0.6 is 24.8 Å². The first-order valence-electron chi connectivity index (χ1n) is 3.61. The van der Waals surface area contributed by atoms with Gasteiger partial charge in [-0.1, -0.05) is 24.4 Å². The molecule has 13 heavy (non-hydrogen) atoms. The number of oxazole rings is 1. The number of nitrogens with zero attached hydrogens (tertiary/aromatic N) is 1. The average molecular weight is 210 g/mol. The Labute approximate surface area is 85.6 Å². The summed E-state index contributed by atoms with van der Waals surface area (Å²) in [6, 6.07) is 7.87. The van der Waals surface area contributed by atoms with Gasteiger partial charge in [-0.3, -0.25) is 5.32 Å². The van der Waals surface area contributed by atoms with Crippen molar-refractivity contribution >= 4 is 46.3 Å². The molecule has 0 saturated heterocycles. The number of aromatic nitrogens is 1. The summed E-state index contributed by atoms with van der Waals surface area (Å²) in [5.41, 5.74) is 1.53. The Morgan fingerprint density at radius 1 is 1.46 bits per heavy atom. The van der Waals surface area contributed by atoms with E-state index in [0.29, 0.717) is 10.3 Å². The minimum atomic E-state index is 0.339. The van der Waals surface area contributed by atoms with Crippen molar-refractivity contribution in [3.63, 3.8) is 0 Å². The van der Waals surface area contributed by atoms with Crippen LogP contribution in [0.25, 0.3) is 11.1 Å². The zero-order valence-electron chi connectivity index (χ0n) is 6.52. The van der Waals surface area contributed by atoms with E-state index in [1.54, 1.807) is 0 Å². The molecule has 1 aromatic heterocycles. The molecule has 0 amide bonds. The van der Waals surface area contributed by atoms with Crippen molar-refractivity contribution < 1.29 is 4.42 Å². The van der Waals surface area contributed by atoms with Gasteiger partial charge in [0.2, 0.25) is 0 Å². The molecule has 2 rings (SSSR count). The number of anilines is 1. The highest BCUT2D eigenvalue weighted by atomic mass is 32.1. The Bertz CT molecular complexity index is 419. The van der Waals surface area contributed by atoms with Gasteiger partial charge in [-0.05, 0) is 12.1 Å². The van der Waals surface area contributed by atoms with Gasteiger partial charge in [-0.25, -0.2) is 0 Å². The highest BCUT2D eigenvalue weighted by Crippen LogP contribution is 2.18. The van der Waals surface area contributed by atoms with Gasteiger partial charge in [0.05, 0.1) is 0 Å². The topological polar surface area (TPSA) is 38.1 Å². The molecule has 0 aliphatic heterocycles. The molecular weight excluding hydrogens is 204 g/mol. The van der Waals surface area contributed by atoms with Crippen molar-refractivity contribution in [1.29, 1.82) is 0 Å². The predicted octanol–water partition coefficient (Wildman–Crippen LogP) is 2.45. The SMILES string of the molecule is S=C(S)Nc1nc2ccccc2o1. The molecule has 0 aliphatic carbocycles. The van der Waals surface area contributed by atoms with Crippen molar-refractivity contribution in [1.82, 2.24) is 4.98 Å². The average Bonchev–Trinajstić information content (AvgIpc) is 2.44. The van der Waals surface area contributed by atoms with Crippen LogP contribution in [0, 0.1) is 0 Å². The van der Waals surface area contributed by atoms with Crippen molar-refractivity contribution in [3.05, 3.63) is 24.3 Å². The standard InChI is InChI=1S/C8H6N2OS2/c12-8(13)10-7-9-5-3-1-2-4-6(5)11-7/h1-4H,(H2,9,10,12,13). The van der Waals surface area contributed by atoms with E-state index in [9.17, 15) is 0 Å². The third kappa shape index (κ3) is 1.81. The lowest BCUT2D eigenvalue weighted by atomic mass is 10.3. The number of benzene rings is 1. The first-order valence-corrected chi connectivity index (χ1v) is 4.47. The molecule has 0 bridgehead atoms. The van der Waals surface area contributed by atoms with Gasteiger partial charge in [0, 0.05) is 0 Å². The maximum Gasteiger partial charge on any atom is 0.301 e. The number of hydrogen-bond donors (Lipinski definition) is 2. The fourth-order valence-electron chi connectivity index (χ4n) is 1.02. The van der Waals surface area contributed by atoms with E-state index in [1.165, 1.54) is 0 Å². The molecular formula is C8H6N2OS2. The molecule has 1 N–H and O–H groups in total. The van der Waals surface area contributed by atoms with Gasteiger partial charge < -0.3 is 4.42 Å². The Morgan fingerprint density at radius 2 is 2.23 bits per heavy atom. The molecule has 2 aromatic rings. The lowest BCUT2D eigenvalue weighted by molar-refractivity contribution is 0.625. The molecule has 66 valence electrons. The number of fused-ring (bicyclic) bond motifs is 1. The molecule has 0 aliphatic rings. The molecule has 0 saturated carbocycles. The maximum absolute atomic E-state index is 5.32. The van der Waals surface area contributed by atoms with Gasteiger partial charge in [0.25, 0.3) is 0 Å². The second kappa shape index (κ2) is 3.35. The third-order valence-electron chi connectivity index (χ3n) is 1.51. The fraction of sp³-hybridized carbons (Fsp3) is 0.